The van der Waals surface area contributed by atoms with E-state index in [9.17, 15) is 5.11 Å². The van der Waals surface area contributed by atoms with Crippen LogP contribution in [0.1, 0.15) is 57.6 Å². The molecule has 1 unspecified atom stereocenters. The van der Waals surface area contributed by atoms with Crippen LogP contribution >= 0.6 is 0 Å². The second-order valence-corrected chi connectivity index (χ2v) is 5.94. The van der Waals surface area contributed by atoms with E-state index in [-0.39, 0.29) is 6.61 Å². The summed E-state index contributed by atoms with van der Waals surface area (Å²) >= 11 is 0. The van der Waals surface area contributed by atoms with E-state index in [4.69, 9.17) is 0 Å². The summed E-state index contributed by atoms with van der Waals surface area (Å²) in [4.78, 5) is 6.94. The maximum absolute atomic E-state index is 9.36. The van der Waals surface area contributed by atoms with Crippen molar-refractivity contribution >= 4 is 5.82 Å². The predicted molar refractivity (Wildman–Crippen MR) is 87.6 cm³/mol. The summed E-state index contributed by atoms with van der Waals surface area (Å²) in [6, 6.07) is 5.13. The Kier molecular flexibility index (Phi) is 6.46. The zero-order valence-electron chi connectivity index (χ0n) is 13.4. The van der Waals surface area contributed by atoms with Crippen LogP contribution in [-0.4, -0.2) is 35.8 Å². The van der Waals surface area contributed by atoms with Gasteiger partial charge in [-0.1, -0.05) is 32.3 Å². The number of anilines is 1. The van der Waals surface area contributed by atoms with Crippen molar-refractivity contribution in [2.24, 2.45) is 0 Å². The average Bonchev–Trinajstić information content (AvgIpc) is 2.54. The van der Waals surface area contributed by atoms with Gasteiger partial charge in [0.05, 0.1) is 6.61 Å². The van der Waals surface area contributed by atoms with Gasteiger partial charge in [-0.25, -0.2) is 4.98 Å². The number of aliphatic hydroxyl groups excluding tert-OH is 1. The number of nitrogens with one attached hydrogen (secondary N) is 1. The third kappa shape index (κ3) is 4.42. The summed E-state index contributed by atoms with van der Waals surface area (Å²) < 4.78 is 0. The maximum atomic E-state index is 9.36. The van der Waals surface area contributed by atoms with Gasteiger partial charge < -0.3 is 15.3 Å². The molecule has 1 aromatic rings. The third-order valence-corrected chi connectivity index (χ3v) is 4.43. The molecule has 1 heterocycles. The number of pyridine rings is 1. The Hall–Kier alpha value is -1.13. The van der Waals surface area contributed by atoms with Crippen LogP contribution in [0.3, 0.4) is 0 Å². The van der Waals surface area contributed by atoms with Crippen molar-refractivity contribution in [1.82, 2.24) is 10.3 Å². The van der Waals surface area contributed by atoms with Gasteiger partial charge in [0.25, 0.3) is 0 Å². The van der Waals surface area contributed by atoms with Crippen molar-refractivity contribution in [3.8, 4) is 0 Å². The lowest BCUT2D eigenvalue weighted by atomic mass is 9.94. The lowest BCUT2D eigenvalue weighted by molar-refractivity contribution is 0.289. The molecule has 1 saturated carbocycles. The number of nitrogens with zero attached hydrogens (tertiary/aromatic N) is 2. The molecule has 1 aliphatic carbocycles. The van der Waals surface area contributed by atoms with Crippen molar-refractivity contribution in [2.75, 3.05) is 24.6 Å². The van der Waals surface area contributed by atoms with E-state index in [1.54, 1.807) is 0 Å². The van der Waals surface area contributed by atoms with Crippen LogP contribution in [0, 0.1) is 0 Å². The Bertz CT molecular complexity index is 401. The molecule has 4 nitrogen and oxygen atoms in total. The molecule has 1 atom stereocenters. The van der Waals surface area contributed by atoms with Gasteiger partial charge in [-0.15, -0.1) is 0 Å². The normalized spacial score (nSPS) is 17.7. The molecule has 0 spiro atoms. The molecule has 21 heavy (non-hydrogen) atoms. The second kappa shape index (κ2) is 8.35. The molecule has 2 N–H and O–H groups in total. The third-order valence-electron chi connectivity index (χ3n) is 4.43. The zero-order valence-corrected chi connectivity index (χ0v) is 13.4. The standard InChI is InChI=1S/C17H29N3O/c1-3-18-14(2)15-9-10-17(19-13-15)20(11-12-21)16-7-5-4-6-8-16/h9-10,13-14,16,18,21H,3-8,11-12H2,1-2H3. The summed E-state index contributed by atoms with van der Waals surface area (Å²) in [7, 11) is 0. The highest BCUT2D eigenvalue weighted by molar-refractivity contribution is 5.41. The quantitative estimate of drug-likeness (QED) is 0.811. The first-order valence-corrected chi connectivity index (χ1v) is 8.33. The Morgan fingerprint density at radius 1 is 1.33 bits per heavy atom. The summed E-state index contributed by atoms with van der Waals surface area (Å²) in [5.74, 6) is 1.00. The molecule has 0 radical (unpaired) electrons. The van der Waals surface area contributed by atoms with Crippen LogP contribution in [-0.2, 0) is 0 Å². The molecule has 0 saturated heterocycles. The molecule has 118 valence electrons. The fourth-order valence-electron chi connectivity index (χ4n) is 3.23. The van der Waals surface area contributed by atoms with E-state index in [0.717, 1.165) is 12.4 Å². The summed E-state index contributed by atoms with van der Waals surface area (Å²) in [6.45, 7) is 6.10. The summed E-state index contributed by atoms with van der Waals surface area (Å²) in [6.07, 6.45) is 8.34. The monoisotopic (exact) mass is 291 g/mol. The second-order valence-electron chi connectivity index (χ2n) is 5.94. The minimum absolute atomic E-state index is 0.188. The van der Waals surface area contributed by atoms with Crippen molar-refractivity contribution in [2.45, 2.75) is 58.0 Å². The van der Waals surface area contributed by atoms with Crippen molar-refractivity contribution in [1.29, 1.82) is 0 Å². The molecule has 1 aromatic heterocycles. The highest BCUT2D eigenvalue weighted by Gasteiger charge is 2.22. The molecular weight excluding hydrogens is 262 g/mol. The minimum Gasteiger partial charge on any atom is -0.395 e. The summed E-state index contributed by atoms with van der Waals surface area (Å²) in [5, 5.41) is 12.8. The molecule has 1 fully saturated rings. The van der Waals surface area contributed by atoms with E-state index in [1.807, 2.05) is 6.20 Å². The first kappa shape index (κ1) is 16.2. The van der Waals surface area contributed by atoms with E-state index >= 15 is 0 Å². The fraction of sp³-hybridized carbons (Fsp3) is 0.706. The smallest absolute Gasteiger partial charge is 0.128 e. The van der Waals surface area contributed by atoms with Crippen LogP contribution in [0.4, 0.5) is 5.82 Å². The molecule has 0 amide bonds. The predicted octanol–water partition coefficient (Wildman–Crippen LogP) is 2.88. The van der Waals surface area contributed by atoms with Gasteiger partial charge in [0.2, 0.25) is 0 Å². The molecule has 2 rings (SSSR count). The first-order chi connectivity index (χ1) is 10.3. The van der Waals surface area contributed by atoms with Gasteiger partial charge in [0, 0.05) is 24.8 Å². The lowest BCUT2D eigenvalue weighted by Gasteiger charge is -2.35. The van der Waals surface area contributed by atoms with E-state index in [1.165, 1.54) is 37.7 Å². The van der Waals surface area contributed by atoms with Crippen molar-refractivity contribution in [3.63, 3.8) is 0 Å². The van der Waals surface area contributed by atoms with Crippen LogP contribution in [0.15, 0.2) is 18.3 Å². The van der Waals surface area contributed by atoms with Gasteiger partial charge in [0.15, 0.2) is 0 Å². The largest absolute Gasteiger partial charge is 0.395 e. The Morgan fingerprint density at radius 3 is 2.67 bits per heavy atom. The topological polar surface area (TPSA) is 48.4 Å². The highest BCUT2D eigenvalue weighted by Crippen LogP contribution is 2.26. The SMILES string of the molecule is CCNC(C)c1ccc(N(CCO)C2CCCCC2)nc1. The number of aromatic nitrogens is 1. The van der Waals surface area contributed by atoms with E-state index in [2.05, 4.69) is 41.2 Å². The van der Waals surface area contributed by atoms with E-state index in [0.29, 0.717) is 18.6 Å². The highest BCUT2D eigenvalue weighted by atomic mass is 16.3. The number of aliphatic hydroxyl groups is 1. The molecule has 0 bridgehead atoms. The van der Waals surface area contributed by atoms with Crippen molar-refractivity contribution in [3.05, 3.63) is 23.9 Å². The molecule has 0 aliphatic heterocycles. The summed E-state index contributed by atoms with van der Waals surface area (Å²) in [5.41, 5.74) is 1.22. The maximum Gasteiger partial charge on any atom is 0.128 e. The fourth-order valence-corrected chi connectivity index (χ4v) is 3.23. The Morgan fingerprint density at radius 2 is 2.10 bits per heavy atom. The zero-order chi connectivity index (χ0) is 15.1. The number of rotatable bonds is 7. The lowest BCUT2D eigenvalue weighted by Crippen LogP contribution is -2.39. The first-order valence-electron chi connectivity index (χ1n) is 8.33. The van der Waals surface area contributed by atoms with Gasteiger partial charge in [-0.05, 0) is 37.9 Å². The molecule has 1 aliphatic rings. The molecule has 4 heteroatoms. The Balaban J connectivity index is 2.08. The molecule has 0 aromatic carbocycles. The minimum atomic E-state index is 0.188. The number of hydrogen-bond acceptors (Lipinski definition) is 4. The van der Waals surface area contributed by atoms with Crippen LogP contribution in [0.2, 0.25) is 0 Å². The molecular formula is C17H29N3O. The number of hydrogen-bond donors (Lipinski definition) is 2. The van der Waals surface area contributed by atoms with Gasteiger partial charge in [0.1, 0.15) is 5.82 Å². The average molecular weight is 291 g/mol. The van der Waals surface area contributed by atoms with Gasteiger partial charge >= 0.3 is 0 Å². The van der Waals surface area contributed by atoms with Gasteiger partial charge in [-0.3, -0.25) is 0 Å². The van der Waals surface area contributed by atoms with Crippen molar-refractivity contribution < 1.29 is 5.11 Å². The Labute approximate surface area is 128 Å². The van der Waals surface area contributed by atoms with Gasteiger partial charge in [-0.2, -0.15) is 0 Å². The van der Waals surface area contributed by atoms with Crippen LogP contribution in [0.25, 0.3) is 0 Å². The van der Waals surface area contributed by atoms with Crippen LogP contribution in [0.5, 0.6) is 0 Å². The van der Waals surface area contributed by atoms with E-state index < -0.39 is 0 Å². The van der Waals surface area contributed by atoms with Crippen LogP contribution < -0.4 is 10.2 Å².